The topological polar surface area (TPSA) is 77.0 Å². The minimum absolute atomic E-state index is 0.215. The molecule has 0 aliphatic rings. The Morgan fingerprint density at radius 1 is 1.21 bits per heavy atom. The summed E-state index contributed by atoms with van der Waals surface area (Å²) >= 11 is 0. The van der Waals surface area contributed by atoms with Crippen LogP contribution in [0.1, 0.15) is 39.6 Å². The predicted octanol–water partition coefficient (Wildman–Crippen LogP) is 1.55. The third-order valence-electron chi connectivity index (χ3n) is 2.18. The Bertz CT molecular complexity index is 282. The number of nitrogens with zero attached hydrogens (tertiary/aromatic N) is 2. The van der Waals surface area contributed by atoms with Crippen LogP contribution >= 0.6 is 0 Å². The Balaban J connectivity index is 2.60. The van der Waals surface area contributed by atoms with E-state index < -0.39 is 0 Å². The lowest BCUT2D eigenvalue weighted by molar-refractivity contribution is 0.459. The van der Waals surface area contributed by atoms with Gasteiger partial charge in [0.25, 0.3) is 0 Å². The molecule has 80 valence electrons. The van der Waals surface area contributed by atoms with Crippen LogP contribution in [0.3, 0.4) is 0 Å². The second kappa shape index (κ2) is 4.41. The Morgan fingerprint density at radius 3 is 2.29 bits per heavy atom. The lowest BCUT2D eigenvalue weighted by atomic mass is 10.1. The molecule has 5 nitrogen and oxygen atoms in total. The Labute approximate surface area is 84.1 Å². The number of aromatic nitrogens is 2. The van der Waals surface area contributed by atoms with E-state index in [9.17, 15) is 0 Å². The van der Waals surface area contributed by atoms with Crippen molar-refractivity contribution in [3.8, 4) is 0 Å². The highest BCUT2D eigenvalue weighted by Gasteiger charge is 2.13. The molecule has 2 atom stereocenters. The fourth-order valence-electron chi connectivity index (χ4n) is 0.838. The number of nitrogens with two attached hydrogens (primary N) is 1. The summed E-state index contributed by atoms with van der Waals surface area (Å²) in [5.74, 6) is 0.976. The standard InChI is InChI=1S/C9H18N4O/c1-5(2)7(4)11-9-13-12-8(14-9)6(3)10/h5-7H,10H2,1-4H3,(H,11,13). The first-order valence-corrected chi connectivity index (χ1v) is 4.86. The summed E-state index contributed by atoms with van der Waals surface area (Å²) in [6.07, 6.45) is 0. The van der Waals surface area contributed by atoms with Crippen molar-refractivity contribution in [3.63, 3.8) is 0 Å². The van der Waals surface area contributed by atoms with Gasteiger partial charge in [-0.05, 0) is 19.8 Å². The highest BCUT2D eigenvalue weighted by molar-refractivity contribution is 5.19. The molecule has 1 rings (SSSR count). The molecule has 0 fully saturated rings. The first-order valence-electron chi connectivity index (χ1n) is 4.86. The molecular formula is C9H18N4O. The third kappa shape index (κ3) is 2.70. The van der Waals surface area contributed by atoms with Crippen LogP contribution in [0.4, 0.5) is 6.01 Å². The summed E-state index contributed by atoms with van der Waals surface area (Å²) in [5.41, 5.74) is 5.59. The van der Waals surface area contributed by atoms with E-state index in [0.29, 0.717) is 23.9 Å². The first-order chi connectivity index (χ1) is 6.50. The number of hydrogen-bond donors (Lipinski definition) is 2. The van der Waals surface area contributed by atoms with E-state index in [2.05, 4.69) is 36.3 Å². The van der Waals surface area contributed by atoms with E-state index in [4.69, 9.17) is 10.2 Å². The molecule has 2 unspecified atom stereocenters. The second-order valence-corrected chi connectivity index (χ2v) is 3.91. The van der Waals surface area contributed by atoms with Gasteiger partial charge in [0.05, 0.1) is 6.04 Å². The summed E-state index contributed by atoms with van der Waals surface area (Å²) in [5, 5.41) is 10.8. The molecule has 1 aromatic heterocycles. The molecule has 0 amide bonds. The van der Waals surface area contributed by atoms with Crippen molar-refractivity contribution in [3.05, 3.63) is 5.89 Å². The maximum atomic E-state index is 5.59. The van der Waals surface area contributed by atoms with Crippen LogP contribution in [0, 0.1) is 5.92 Å². The van der Waals surface area contributed by atoms with Crippen molar-refractivity contribution < 1.29 is 4.42 Å². The van der Waals surface area contributed by atoms with Gasteiger partial charge in [0, 0.05) is 6.04 Å². The average molecular weight is 198 g/mol. The fraction of sp³-hybridized carbons (Fsp3) is 0.778. The molecule has 5 heteroatoms. The summed E-state index contributed by atoms with van der Waals surface area (Å²) in [6, 6.07) is 0.530. The molecule has 0 spiro atoms. The summed E-state index contributed by atoms with van der Waals surface area (Å²) in [4.78, 5) is 0. The van der Waals surface area contributed by atoms with Crippen LogP contribution in [-0.4, -0.2) is 16.2 Å². The first kappa shape index (κ1) is 11.0. The molecule has 0 saturated carbocycles. The van der Waals surface area contributed by atoms with Crippen molar-refractivity contribution in [1.82, 2.24) is 10.2 Å². The molecule has 1 aromatic rings. The van der Waals surface area contributed by atoms with Gasteiger partial charge in [0.15, 0.2) is 0 Å². The van der Waals surface area contributed by atoms with Gasteiger partial charge in [-0.1, -0.05) is 18.9 Å². The Kier molecular flexibility index (Phi) is 3.46. The van der Waals surface area contributed by atoms with Crippen LogP contribution in [-0.2, 0) is 0 Å². The molecule has 0 aromatic carbocycles. The summed E-state index contributed by atoms with van der Waals surface area (Å²) < 4.78 is 5.31. The maximum absolute atomic E-state index is 5.59. The molecule has 14 heavy (non-hydrogen) atoms. The monoisotopic (exact) mass is 198 g/mol. The number of hydrogen-bond acceptors (Lipinski definition) is 5. The van der Waals surface area contributed by atoms with Gasteiger partial charge >= 0.3 is 6.01 Å². The Hall–Kier alpha value is -1.10. The smallest absolute Gasteiger partial charge is 0.315 e. The van der Waals surface area contributed by atoms with Crippen LogP contribution < -0.4 is 11.1 Å². The number of nitrogens with one attached hydrogen (secondary N) is 1. The quantitative estimate of drug-likeness (QED) is 0.767. The second-order valence-electron chi connectivity index (χ2n) is 3.91. The largest absolute Gasteiger partial charge is 0.406 e. The van der Waals surface area contributed by atoms with E-state index in [1.165, 1.54) is 0 Å². The van der Waals surface area contributed by atoms with E-state index >= 15 is 0 Å². The van der Waals surface area contributed by atoms with E-state index in [1.807, 2.05) is 6.92 Å². The van der Waals surface area contributed by atoms with Crippen molar-refractivity contribution in [2.75, 3.05) is 5.32 Å². The van der Waals surface area contributed by atoms with Gasteiger partial charge in [0.1, 0.15) is 0 Å². The zero-order valence-electron chi connectivity index (χ0n) is 9.11. The minimum atomic E-state index is -0.215. The van der Waals surface area contributed by atoms with Gasteiger partial charge in [-0.15, -0.1) is 5.10 Å². The number of anilines is 1. The van der Waals surface area contributed by atoms with E-state index in [1.54, 1.807) is 0 Å². The maximum Gasteiger partial charge on any atom is 0.315 e. The van der Waals surface area contributed by atoms with Gasteiger partial charge in [-0.25, -0.2) is 0 Å². The molecule has 3 N–H and O–H groups in total. The Morgan fingerprint density at radius 2 is 1.86 bits per heavy atom. The summed E-state index contributed by atoms with van der Waals surface area (Å²) in [7, 11) is 0. The highest BCUT2D eigenvalue weighted by atomic mass is 16.4. The van der Waals surface area contributed by atoms with Crippen LogP contribution in [0.25, 0.3) is 0 Å². The van der Waals surface area contributed by atoms with Gasteiger partial charge in [0.2, 0.25) is 5.89 Å². The van der Waals surface area contributed by atoms with Crippen molar-refractivity contribution in [2.24, 2.45) is 11.7 Å². The van der Waals surface area contributed by atoms with E-state index in [-0.39, 0.29) is 6.04 Å². The third-order valence-corrected chi connectivity index (χ3v) is 2.18. The highest BCUT2D eigenvalue weighted by Crippen LogP contribution is 2.14. The molecule has 0 aliphatic heterocycles. The molecule has 0 bridgehead atoms. The lowest BCUT2D eigenvalue weighted by Gasteiger charge is -2.14. The lowest BCUT2D eigenvalue weighted by Crippen LogP contribution is -2.21. The molecule has 0 saturated heterocycles. The molecule has 1 heterocycles. The van der Waals surface area contributed by atoms with E-state index in [0.717, 1.165) is 0 Å². The van der Waals surface area contributed by atoms with Gasteiger partial charge in [-0.2, -0.15) is 0 Å². The van der Waals surface area contributed by atoms with Crippen molar-refractivity contribution in [2.45, 2.75) is 39.8 Å². The molecule has 0 aliphatic carbocycles. The predicted molar refractivity (Wildman–Crippen MR) is 54.8 cm³/mol. The number of rotatable bonds is 4. The van der Waals surface area contributed by atoms with Crippen molar-refractivity contribution >= 4 is 6.01 Å². The zero-order valence-corrected chi connectivity index (χ0v) is 9.11. The van der Waals surface area contributed by atoms with Gasteiger partial charge < -0.3 is 15.5 Å². The fourth-order valence-corrected chi connectivity index (χ4v) is 0.838. The SMILES string of the molecule is CC(N)c1nnc(NC(C)C(C)C)o1. The van der Waals surface area contributed by atoms with Crippen LogP contribution in [0.5, 0.6) is 0 Å². The zero-order chi connectivity index (χ0) is 10.7. The van der Waals surface area contributed by atoms with Crippen molar-refractivity contribution in [1.29, 1.82) is 0 Å². The minimum Gasteiger partial charge on any atom is -0.406 e. The molecular weight excluding hydrogens is 180 g/mol. The van der Waals surface area contributed by atoms with Crippen LogP contribution in [0.2, 0.25) is 0 Å². The van der Waals surface area contributed by atoms with Crippen LogP contribution in [0.15, 0.2) is 4.42 Å². The van der Waals surface area contributed by atoms with Gasteiger partial charge in [-0.3, -0.25) is 0 Å². The average Bonchev–Trinajstić information content (AvgIpc) is 2.52. The summed E-state index contributed by atoms with van der Waals surface area (Å²) in [6.45, 7) is 8.13. The normalized spacial score (nSPS) is 15.6. The molecule has 0 radical (unpaired) electrons.